The van der Waals surface area contributed by atoms with E-state index in [9.17, 15) is 0 Å². The number of benzene rings is 3. The third-order valence-corrected chi connectivity index (χ3v) is 4.05. The Kier molecular flexibility index (Phi) is 4.56. The lowest BCUT2D eigenvalue weighted by Gasteiger charge is -2.00. The molecule has 5 rings (SSSR count). The van der Waals surface area contributed by atoms with E-state index in [0.29, 0.717) is 0 Å². The van der Waals surface area contributed by atoms with E-state index in [4.69, 9.17) is 0 Å². The van der Waals surface area contributed by atoms with Gasteiger partial charge in [0.1, 0.15) is 0 Å². The summed E-state index contributed by atoms with van der Waals surface area (Å²) in [6, 6.07) is 24.4. The highest BCUT2D eigenvalue weighted by molar-refractivity contribution is 6.05. The molecule has 0 radical (unpaired) electrons. The Balaban J connectivity index is 0.000000131. The van der Waals surface area contributed by atoms with Crippen molar-refractivity contribution >= 4 is 21.7 Å². The Morgan fingerprint density at radius 3 is 2.31 bits per heavy atom. The quantitative estimate of drug-likeness (QED) is 0.407. The summed E-state index contributed by atoms with van der Waals surface area (Å²) in [4.78, 5) is 8.19. The zero-order chi connectivity index (χ0) is 17.6. The molecule has 0 spiro atoms. The lowest BCUT2D eigenvalue weighted by Crippen LogP contribution is -1.83. The predicted octanol–water partition coefficient (Wildman–Crippen LogP) is 4.93. The Labute approximate surface area is 151 Å². The highest BCUT2D eigenvalue weighted by Crippen LogP contribution is 2.22. The van der Waals surface area contributed by atoms with Crippen molar-refractivity contribution in [3.05, 3.63) is 97.6 Å². The molecule has 0 N–H and O–H groups in total. The molecule has 0 saturated carbocycles. The SMILES string of the molecule is c1ccc(-c2cnccn2)cc1.c1ccc2c(c1)ccc1nnccc12. The van der Waals surface area contributed by atoms with Gasteiger partial charge in [-0.2, -0.15) is 10.2 Å². The topological polar surface area (TPSA) is 51.6 Å². The number of aromatic nitrogens is 4. The summed E-state index contributed by atoms with van der Waals surface area (Å²) in [6.45, 7) is 0. The first-order valence-corrected chi connectivity index (χ1v) is 8.32. The molecule has 0 aliphatic heterocycles. The van der Waals surface area contributed by atoms with E-state index >= 15 is 0 Å². The van der Waals surface area contributed by atoms with Gasteiger partial charge in [-0.3, -0.25) is 9.97 Å². The molecular formula is C22H16N4. The Morgan fingerprint density at radius 2 is 1.46 bits per heavy atom. The summed E-state index contributed by atoms with van der Waals surface area (Å²) in [5.41, 5.74) is 2.97. The molecule has 3 aromatic carbocycles. The number of hydrogen-bond acceptors (Lipinski definition) is 4. The van der Waals surface area contributed by atoms with Crippen LogP contribution < -0.4 is 0 Å². The minimum Gasteiger partial charge on any atom is -0.261 e. The van der Waals surface area contributed by atoms with E-state index in [-0.39, 0.29) is 0 Å². The third kappa shape index (κ3) is 3.39. The largest absolute Gasteiger partial charge is 0.261 e. The maximum atomic E-state index is 4.19. The molecule has 0 atom stereocenters. The third-order valence-electron chi connectivity index (χ3n) is 4.05. The van der Waals surface area contributed by atoms with Gasteiger partial charge in [0, 0.05) is 23.3 Å². The van der Waals surface area contributed by atoms with Crippen molar-refractivity contribution in [1.82, 2.24) is 20.2 Å². The van der Waals surface area contributed by atoms with Crippen molar-refractivity contribution in [3.63, 3.8) is 0 Å². The minimum absolute atomic E-state index is 0.915. The fourth-order valence-electron chi connectivity index (χ4n) is 2.81. The number of nitrogens with zero attached hydrogens (tertiary/aromatic N) is 4. The predicted molar refractivity (Wildman–Crippen MR) is 105 cm³/mol. The first-order valence-electron chi connectivity index (χ1n) is 8.32. The maximum absolute atomic E-state index is 4.19. The second-order valence-electron chi connectivity index (χ2n) is 5.71. The molecule has 0 aliphatic rings. The van der Waals surface area contributed by atoms with Gasteiger partial charge in [-0.15, -0.1) is 0 Å². The van der Waals surface area contributed by atoms with Crippen LogP contribution in [-0.4, -0.2) is 20.2 Å². The zero-order valence-electron chi connectivity index (χ0n) is 14.0. The van der Waals surface area contributed by atoms with Gasteiger partial charge in [0.05, 0.1) is 23.6 Å². The fraction of sp³-hybridized carbons (Fsp3) is 0. The van der Waals surface area contributed by atoms with Crippen LogP contribution in [0.3, 0.4) is 0 Å². The lowest BCUT2D eigenvalue weighted by molar-refractivity contribution is 1.08. The van der Waals surface area contributed by atoms with Crippen molar-refractivity contribution in [1.29, 1.82) is 0 Å². The first kappa shape index (κ1) is 15.8. The van der Waals surface area contributed by atoms with Crippen molar-refractivity contribution in [2.45, 2.75) is 0 Å². The van der Waals surface area contributed by atoms with Gasteiger partial charge in [0.2, 0.25) is 0 Å². The molecule has 26 heavy (non-hydrogen) atoms. The number of hydrogen-bond donors (Lipinski definition) is 0. The van der Waals surface area contributed by atoms with Crippen LogP contribution in [0, 0.1) is 0 Å². The Morgan fingerprint density at radius 1 is 0.615 bits per heavy atom. The highest BCUT2D eigenvalue weighted by Gasteiger charge is 1.99. The highest BCUT2D eigenvalue weighted by atomic mass is 15.1. The molecule has 0 saturated heterocycles. The molecule has 4 nitrogen and oxygen atoms in total. The van der Waals surface area contributed by atoms with E-state index in [1.807, 2.05) is 54.6 Å². The molecule has 0 unspecified atom stereocenters. The molecule has 0 bridgehead atoms. The Hall–Kier alpha value is -3.66. The van der Waals surface area contributed by atoms with Gasteiger partial charge in [-0.25, -0.2) is 0 Å². The standard InChI is InChI=1S/C12H8N2.C10H8N2/c1-2-4-10-9(3-1)5-6-12-11(10)7-8-13-14-12;1-2-4-9(5-3-1)10-8-11-6-7-12-10/h1-8H;1-8H. The second-order valence-corrected chi connectivity index (χ2v) is 5.71. The lowest BCUT2D eigenvalue weighted by atomic mass is 10.1. The molecule has 0 aliphatic carbocycles. The number of fused-ring (bicyclic) bond motifs is 3. The maximum Gasteiger partial charge on any atom is 0.0936 e. The van der Waals surface area contributed by atoms with Crippen LogP contribution in [0.5, 0.6) is 0 Å². The van der Waals surface area contributed by atoms with Crippen LogP contribution in [0.25, 0.3) is 32.9 Å². The van der Waals surface area contributed by atoms with E-state index in [1.54, 1.807) is 24.8 Å². The molecule has 2 aromatic heterocycles. The molecular weight excluding hydrogens is 320 g/mol. The van der Waals surface area contributed by atoms with Gasteiger partial charge in [-0.1, -0.05) is 60.7 Å². The first-order chi connectivity index (χ1) is 12.9. The summed E-state index contributed by atoms with van der Waals surface area (Å²) in [5, 5.41) is 11.6. The van der Waals surface area contributed by atoms with Crippen molar-refractivity contribution in [3.8, 4) is 11.3 Å². The second kappa shape index (κ2) is 7.49. The van der Waals surface area contributed by atoms with E-state index < -0.39 is 0 Å². The minimum atomic E-state index is 0.915. The zero-order valence-corrected chi connectivity index (χ0v) is 14.0. The monoisotopic (exact) mass is 336 g/mol. The van der Waals surface area contributed by atoms with Gasteiger partial charge in [0.25, 0.3) is 0 Å². The average molecular weight is 336 g/mol. The molecule has 4 heteroatoms. The van der Waals surface area contributed by atoms with Crippen LogP contribution >= 0.6 is 0 Å². The van der Waals surface area contributed by atoms with Crippen molar-refractivity contribution in [2.24, 2.45) is 0 Å². The summed E-state index contributed by atoms with van der Waals surface area (Å²) in [5.74, 6) is 0. The van der Waals surface area contributed by atoms with Crippen LogP contribution in [0.1, 0.15) is 0 Å². The van der Waals surface area contributed by atoms with E-state index in [0.717, 1.165) is 22.2 Å². The van der Waals surface area contributed by atoms with Crippen molar-refractivity contribution < 1.29 is 0 Å². The van der Waals surface area contributed by atoms with E-state index in [2.05, 4.69) is 38.4 Å². The van der Waals surface area contributed by atoms with Crippen LogP contribution in [-0.2, 0) is 0 Å². The summed E-state index contributed by atoms with van der Waals surface area (Å²) in [7, 11) is 0. The summed E-state index contributed by atoms with van der Waals surface area (Å²) < 4.78 is 0. The summed E-state index contributed by atoms with van der Waals surface area (Å²) >= 11 is 0. The Bertz CT molecular complexity index is 1030. The van der Waals surface area contributed by atoms with E-state index in [1.165, 1.54) is 10.8 Å². The molecule has 5 aromatic rings. The fourth-order valence-corrected chi connectivity index (χ4v) is 2.81. The molecule has 0 fully saturated rings. The van der Waals surface area contributed by atoms with Crippen LogP contribution in [0.15, 0.2) is 97.6 Å². The van der Waals surface area contributed by atoms with Gasteiger partial charge < -0.3 is 0 Å². The molecule has 2 heterocycles. The number of rotatable bonds is 1. The van der Waals surface area contributed by atoms with Crippen molar-refractivity contribution in [2.75, 3.05) is 0 Å². The normalized spacial score (nSPS) is 10.3. The van der Waals surface area contributed by atoms with Crippen LogP contribution in [0.2, 0.25) is 0 Å². The summed E-state index contributed by atoms with van der Waals surface area (Å²) in [6.07, 6.45) is 6.86. The molecule has 124 valence electrons. The van der Waals surface area contributed by atoms with Gasteiger partial charge in [-0.05, 0) is 22.9 Å². The van der Waals surface area contributed by atoms with Gasteiger partial charge >= 0.3 is 0 Å². The molecule has 0 amide bonds. The van der Waals surface area contributed by atoms with Crippen LogP contribution in [0.4, 0.5) is 0 Å². The van der Waals surface area contributed by atoms with Gasteiger partial charge in [0.15, 0.2) is 0 Å². The average Bonchev–Trinajstić information content (AvgIpc) is 2.75. The smallest absolute Gasteiger partial charge is 0.0936 e.